The van der Waals surface area contributed by atoms with E-state index in [2.05, 4.69) is 32.3 Å². The van der Waals surface area contributed by atoms with Gasteiger partial charge in [0, 0.05) is 37.1 Å². The predicted molar refractivity (Wildman–Crippen MR) is 138 cm³/mol. The third-order valence-electron chi connectivity index (χ3n) is 6.49. The van der Waals surface area contributed by atoms with Crippen LogP contribution in [0, 0.1) is 23.7 Å². The van der Waals surface area contributed by atoms with E-state index >= 15 is 0 Å². The number of amides is 2. The molecule has 5 rings (SSSR count). The van der Waals surface area contributed by atoms with Crippen LogP contribution in [0.25, 0.3) is 11.1 Å². The quantitative estimate of drug-likeness (QED) is 0.437. The van der Waals surface area contributed by atoms with Crippen molar-refractivity contribution in [2.24, 2.45) is 11.8 Å². The third kappa shape index (κ3) is 5.50. The van der Waals surface area contributed by atoms with E-state index in [1.54, 1.807) is 37.2 Å². The SMILES string of the molecule is COc1cnc(C(F)F)cc1-c1cc([C@H]2C[C@H]2C(=O)N(C)C)ccc1C(=O)Nc1nnc(C#CC2CC2)s1. The first-order chi connectivity index (χ1) is 18.2. The first-order valence-electron chi connectivity index (χ1n) is 12.1. The van der Waals surface area contributed by atoms with Gasteiger partial charge in [-0.15, -0.1) is 10.2 Å². The Morgan fingerprint density at radius 2 is 1.97 bits per heavy atom. The molecule has 2 saturated carbocycles. The van der Waals surface area contributed by atoms with Crippen molar-refractivity contribution < 1.29 is 23.1 Å². The van der Waals surface area contributed by atoms with Gasteiger partial charge in [-0.1, -0.05) is 23.3 Å². The molecule has 0 bridgehead atoms. The summed E-state index contributed by atoms with van der Waals surface area (Å²) in [6.45, 7) is 0. The van der Waals surface area contributed by atoms with Crippen molar-refractivity contribution in [3.8, 4) is 28.7 Å². The normalized spacial score (nSPS) is 17.9. The zero-order chi connectivity index (χ0) is 27.0. The van der Waals surface area contributed by atoms with Gasteiger partial charge in [0.25, 0.3) is 12.3 Å². The first kappa shape index (κ1) is 25.7. The Morgan fingerprint density at radius 3 is 2.66 bits per heavy atom. The second-order valence-electron chi connectivity index (χ2n) is 9.51. The number of carbonyl (C=O) groups is 2. The maximum atomic E-state index is 13.5. The van der Waals surface area contributed by atoms with Crippen molar-refractivity contribution >= 4 is 28.3 Å². The van der Waals surface area contributed by atoms with Crippen molar-refractivity contribution in [3.05, 3.63) is 52.3 Å². The molecule has 0 aliphatic heterocycles. The number of hydrogen-bond donors (Lipinski definition) is 1. The number of rotatable bonds is 7. The number of ether oxygens (including phenoxy) is 1. The van der Waals surface area contributed by atoms with E-state index in [1.807, 2.05) is 0 Å². The number of nitrogens with zero attached hydrogens (tertiary/aromatic N) is 4. The number of hydrogen-bond acceptors (Lipinski definition) is 7. The molecule has 38 heavy (non-hydrogen) atoms. The molecule has 2 amide bonds. The monoisotopic (exact) mass is 537 g/mol. The number of halogens is 2. The molecule has 2 fully saturated rings. The number of methoxy groups -OCH3 is 1. The number of aromatic nitrogens is 3. The van der Waals surface area contributed by atoms with Crippen molar-refractivity contribution in [2.45, 2.75) is 31.6 Å². The molecule has 0 unspecified atom stereocenters. The zero-order valence-electron chi connectivity index (χ0n) is 21.0. The fourth-order valence-electron chi connectivity index (χ4n) is 4.21. The molecule has 1 aromatic carbocycles. The standard InChI is InChI=1S/C27H25F2N5O3S/c1-34(2)26(36)20-11-17(20)15-7-8-16(18(10-15)19-12-21(24(28)29)30-13-22(19)37-3)25(35)31-27-33-32-23(38-27)9-6-14-4-5-14/h7-8,10,12-14,17,20,24H,4-5,11H2,1-3H3,(H,31,33,35)/t17-,20-/m1/s1. The minimum absolute atomic E-state index is 0.0247. The van der Waals surface area contributed by atoms with Crippen LogP contribution >= 0.6 is 11.3 Å². The fourth-order valence-corrected chi connectivity index (χ4v) is 4.81. The second kappa shape index (κ2) is 10.5. The number of benzene rings is 1. The summed E-state index contributed by atoms with van der Waals surface area (Å²) in [5.74, 6) is 6.08. The molecule has 0 spiro atoms. The molecule has 0 saturated heterocycles. The fraction of sp³-hybridized carbons (Fsp3) is 0.370. The minimum atomic E-state index is -2.80. The minimum Gasteiger partial charge on any atom is -0.494 e. The molecule has 2 aliphatic carbocycles. The number of alkyl halides is 2. The molecule has 196 valence electrons. The molecular formula is C27H25F2N5O3S. The van der Waals surface area contributed by atoms with Gasteiger partial charge in [-0.3, -0.25) is 19.9 Å². The van der Waals surface area contributed by atoms with Crippen LogP contribution in [0.1, 0.15) is 58.2 Å². The van der Waals surface area contributed by atoms with Gasteiger partial charge in [-0.05, 0) is 60.4 Å². The van der Waals surface area contributed by atoms with Crippen LogP contribution < -0.4 is 10.1 Å². The number of nitrogens with one attached hydrogen (secondary N) is 1. The van der Waals surface area contributed by atoms with Gasteiger partial charge in [0.15, 0.2) is 5.01 Å². The maximum Gasteiger partial charge on any atom is 0.280 e. The van der Waals surface area contributed by atoms with Crippen molar-refractivity contribution in [3.63, 3.8) is 0 Å². The van der Waals surface area contributed by atoms with E-state index in [9.17, 15) is 18.4 Å². The molecule has 2 aliphatic rings. The van der Waals surface area contributed by atoms with Crippen LogP contribution in [-0.4, -0.2) is 53.1 Å². The van der Waals surface area contributed by atoms with Crippen molar-refractivity contribution in [2.75, 3.05) is 26.5 Å². The lowest BCUT2D eigenvalue weighted by Crippen LogP contribution is -2.23. The highest BCUT2D eigenvalue weighted by Gasteiger charge is 2.45. The van der Waals surface area contributed by atoms with Crippen LogP contribution in [0.15, 0.2) is 30.5 Å². The van der Waals surface area contributed by atoms with Gasteiger partial charge in [-0.2, -0.15) is 0 Å². The van der Waals surface area contributed by atoms with E-state index in [1.165, 1.54) is 19.4 Å². The van der Waals surface area contributed by atoms with Crippen LogP contribution in [0.2, 0.25) is 0 Å². The van der Waals surface area contributed by atoms with E-state index in [-0.39, 0.29) is 34.2 Å². The molecule has 2 aromatic heterocycles. The average Bonchev–Trinajstić information content (AvgIpc) is 3.84. The highest BCUT2D eigenvalue weighted by Crippen LogP contribution is 2.49. The predicted octanol–water partition coefficient (Wildman–Crippen LogP) is 4.75. The molecule has 11 heteroatoms. The lowest BCUT2D eigenvalue weighted by molar-refractivity contribution is -0.130. The Hall–Kier alpha value is -3.91. The van der Waals surface area contributed by atoms with Gasteiger partial charge in [0.05, 0.1) is 13.3 Å². The summed E-state index contributed by atoms with van der Waals surface area (Å²) in [6.07, 6.45) is 1.27. The highest BCUT2D eigenvalue weighted by atomic mass is 32.1. The van der Waals surface area contributed by atoms with E-state index in [0.717, 1.165) is 29.7 Å². The molecule has 2 heterocycles. The highest BCUT2D eigenvalue weighted by molar-refractivity contribution is 7.15. The number of pyridine rings is 1. The van der Waals surface area contributed by atoms with Gasteiger partial charge >= 0.3 is 0 Å². The van der Waals surface area contributed by atoms with E-state index in [0.29, 0.717) is 28.5 Å². The summed E-state index contributed by atoms with van der Waals surface area (Å²) in [4.78, 5) is 31.2. The van der Waals surface area contributed by atoms with Crippen molar-refractivity contribution in [1.82, 2.24) is 20.1 Å². The van der Waals surface area contributed by atoms with E-state index < -0.39 is 18.0 Å². The van der Waals surface area contributed by atoms with Gasteiger partial charge in [0.2, 0.25) is 11.0 Å². The lowest BCUT2D eigenvalue weighted by atomic mass is 9.94. The Kier molecular flexibility index (Phi) is 7.08. The molecular weight excluding hydrogens is 512 g/mol. The van der Waals surface area contributed by atoms with Gasteiger partial charge < -0.3 is 9.64 Å². The molecule has 2 atom stereocenters. The Morgan fingerprint density at radius 1 is 1.18 bits per heavy atom. The summed E-state index contributed by atoms with van der Waals surface area (Å²) in [5, 5.41) is 11.6. The smallest absolute Gasteiger partial charge is 0.280 e. The first-order valence-corrected chi connectivity index (χ1v) is 12.9. The summed E-state index contributed by atoms with van der Waals surface area (Å²) in [6, 6.07) is 6.42. The maximum absolute atomic E-state index is 13.5. The summed E-state index contributed by atoms with van der Waals surface area (Å²) in [7, 11) is 4.83. The summed E-state index contributed by atoms with van der Waals surface area (Å²) in [5.41, 5.74) is 1.32. The number of carbonyl (C=O) groups excluding carboxylic acids is 2. The third-order valence-corrected chi connectivity index (χ3v) is 7.25. The zero-order valence-corrected chi connectivity index (χ0v) is 21.8. The Bertz CT molecular complexity index is 1460. The van der Waals surface area contributed by atoms with Crippen molar-refractivity contribution in [1.29, 1.82) is 0 Å². The lowest BCUT2D eigenvalue weighted by Gasteiger charge is -2.16. The van der Waals surface area contributed by atoms with Gasteiger partial charge in [0.1, 0.15) is 11.4 Å². The Balaban J connectivity index is 1.50. The van der Waals surface area contributed by atoms with Crippen LogP contribution in [0.3, 0.4) is 0 Å². The molecule has 0 radical (unpaired) electrons. The summed E-state index contributed by atoms with van der Waals surface area (Å²) < 4.78 is 32.5. The number of anilines is 1. The summed E-state index contributed by atoms with van der Waals surface area (Å²) >= 11 is 1.16. The van der Waals surface area contributed by atoms with Crippen LogP contribution in [-0.2, 0) is 4.79 Å². The molecule has 8 nitrogen and oxygen atoms in total. The van der Waals surface area contributed by atoms with Crippen LogP contribution in [0.4, 0.5) is 13.9 Å². The molecule has 1 N–H and O–H groups in total. The molecule has 3 aromatic rings. The topological polar surface area (TPSA) is 97.3 Å². The average molecular weight is 538 g/mol. The second-order valence-corrected chi connectivity index (χ2v) is 10.5. The van der Waals surface area contributed by atoms with Gasteiger partial charge in [-0.25, -0.2) is 8.78 Å². The Labute approximate surface area is 222 Å². The van der Waals surface area contributed by atoms with E-state index in [4.69, 9.17) is 4.74 Å². The van der Waals surface area contributed by atoms with Crippen LogP contribution in [0.5, 0.6) is 5.75 Å². The largest absolute Gasteiger partial charge is 0.494 e.